The van der Waals surface area contributed by atoms with Crippen molar-refractivity contribution < 1.29 is 15.3 Å². The molecular formula is C9H21NO3. The van der Waals surface area contributed by atoms with E-state index in [0.717, 1.165) is 19.4 Å². The number of hydrogen-bond donors (Lipinski definition) is 3. The van der Waals surface area contributed by atoms with Crippen LogP contribution in [0.15, 0.2) is 0 Å². The van der Waals surface area contributed by atoms with Gasteiger partial charge in [-0.15, -0.1) is 0 Å². The fraction of sp³-hybridized carbons (Fsp3) is 1.00. The Balaban J connectivity index is 3.44. The van der Waals surface area contributed by atoms with Gasteiger partial charge >= 0.3 is 0 Å². The Morgan fingerprint density at radius 2 is 1.62 bits per heavy atom. The summed E-state index contributed by atoms with van der Waals surface area (Å²) in [6.07, 6.45) is 1.41. The number of nitrogens with zero attached hydrogens (tertiary/aromatic N) is 1. The second-order valence-electron chi connectivity index (χ2n) is 3.28. The molecule has 0 aromatic carbocycles. The van der Waals surface area contributed by atoms with E-state index >= 15 is 0 Å². The summed E-state index contributed by atoms with van der Waals surface area (Å²) in [7, 11) is 0. The second kappa shape index (κ2) is 8.44. The SMILES string of the molecule is CC(O)CCCN(CCO)CCO. The van der Waals surface area contributed by atoms with Crippen LogP contribution in [0.5, 0.6) is 0 Å². The first-order valence-corrected chi connectivity index (χ1v) is 4.82. The van der Waals surface area contributed by atoms with Crippen LogP contribution in [-0.2, 0) is 0 Å². The molecule has 0 aromatic heterocycles. The Bertz CT molecular complexity index is 103. The van der Waals surface area contributed by atoms with E-state index in [1.54, 1.807) is 6.92 Å². The van der Waals surface area contributed by atoms with E-state index in [4.69, 9.17) is 15.3 Å². The third-order valence-electron chi connectivity index (χ3n) is 1.93. The van der Waals surface area contributed by atoms with Crippen molar-refractivity contribution in [2.45, 2.75) is 25.9 Å². The minimum Gasteiger partial charge on any atom is -0.395 e. The summed E-state index contributed by atoms with van der Waals surface area (Å²) in [5.41, 5.74) is 0. The summed E-state index contributed by atoms with van der Waals surface area (Å²) in [6, 6.07) is 0. The normalized spacial score (nSPS) is 13.6. The van der Waals surface area contributed by atoms with Gasteiger partial charge in [0.05, 0.1) is 19.3 Å². The Morgan fingerprint density at radius 1 is 1.08 bits per heavy atom. The van der Waals surface area contributed by atoms with Crippen molar-refractivity contribution in [3.8, 4) is 0 Å². The van der Waals surface area contributed by atoms with Crippen LogP contribution < -0.4 is 0 Å². The van der Waals surface area contributed by atoms with Crippen molar-refractivity contribution >= 4 is 0 Å². The highest BCUT2D eigenvalue weighted by molar-refractivity contribution is 4.58. The number of aliphatic hydroxyl groups is 3. The average molecular weight is 191 g/mol. The lowest BCUT2D eigenvalue weighted by Gasteiger charge is -2.20. The van der Waals surface area contributed by atoms with Gasteiger partial charge in [0.1, 0.15) is 0 Å². The standard InChI is InChI=1S/C9H21NO3/c1-9(13)3-2-4-10(5-7-11)6-8-12/h9,11-13H,2-8H2,1H3. The van der Waals surface area contributed by atoms with Gasteiger partial charge in [-0.3, -0.25) is 4.90 Å². The molecule has 0 heterocycles. The molecule has 0 rings (SSSR count). The minimum absolute atomic E-state index is 0.120. The Morgan fingerprint density at radius 3 is 2.00 bits per heavy atom. The lowest BCUT2D eigenvalue weighted by atomic mass is 10.2. The van der Waals surface area contributed by atoms with Gasteiger partial charge in [0.25, 0.3) is 0 Å². The van der Waals surface area contributed by atoms with Crippen molar-refractivity contribution in [2.75, 3.05) is 32.8 Å². The maximum Gasteiger partial charge on any atom is 0.0558 e. The first-order valence-electron chi connectivity index (χ1n) is 4.82. The van der Waals surface area contributed by atoms with Gasteiger partial charge in [0.15, 0.2) is 0 Å². The van der Waals surface area contributed by atoms with E-state index in [-0.39, 0.29) is 19.3 Å². The molecule has 1 atom stereocenters. The molecule has 0 amide bonds. The molecule has 4 nitrogen and oxygen atoms in total. The van der Waals surface area contributed by atoms with E-state index in [1.165, 1.54) is 0 Å². The van der Waals surface area contributed by atoms with Gasteiger partial charge in [-0.25, -0.2) is 0 Å². The zero-order valence-electron chi connectivity index (χ0n) is 8.32. The van der Waals surface area contributed by atoms with E-state index in [9.17, 15) is 0 Å². The zero-order chi connectivity index (χ0) is 10.1. The van der Waals surface area contributed by atoms with Crippen LogP contribution in [0.1, 0.15) is 19.8 Å². The first-order chi connectivity index (χ1) is 6.20. The fourth-order valence-corrected chi connectivity index (χ4v) is 1.23. The van der Waals surface area contributed by atoms with Crippen molar-refractivity contribution in [3.63, 3.8) is 0 Å². The number of aliphatic hydroxyl groups excluding tert-OH is 3. The van der Waals surface area contributed by atoms with Crippen LogP contribution in [0.4, 0.5) is 0 Å². The van der Waals surface area contributed by atoms with Gasteiger partial charge in [-0.2, -0.15) is 0 Å². The summed E-state index contributed by atoms with van der Waals surface area (Å²) >= 11 is 0. The van der Waals surface area contributed by atoms with Crippen LogP contribution >= 0.6 is 0 Å². The Hall–Kier alpha value is -0.160. The van der Waals surface area contributed by atoms with Crippen molar-refractivity contribution in [2.24, 2.45) is 0 Å². The maximum absolute atomic E-state index is 9.01. The smallest absolute Gasteiger partial charge is 0.0558 e. The average Bonchev–Trinajstić information content (AvgIpc) is 2.04. The largest absolute Gasteiger partial charge is 0.395 e. The van der Waals surface area contributed by atoms with Gasteiger partial charge in [-0.1, -0.05) is 0 Å². The van der Waals surface area contributed by atoms with Crippen molar-refractivity contribution in [1.29, 1.82) is 0 Å². The lowest BCUT2D eigenvalue weighted by Crippen LogP contribution is -2.31. The summed E-state index contributed by atoms with van der Waals surface area (Å²) in [5.74, 6) is 0. The monoisotopic (exact) mass is 191 g/mol. The molecule has 0 aromatic rings. The molecule has 0 aliphatic heterocycles. The molecule has 0 aliphatic rings. The molecule has 0 radical (unpaired) electrons. The lowest BCUT2D eigenvalue weighted by molar-refractivity contribution is 0.143. The topological polar surface area (TPSA) is 63.9 Å². The van der Waals surface area contributed by atoms with Gasteiger partial charge in [-0.05, 0) is 26.3 Å². The number of rotatable bonds is 8. The molecular weight excluding hydrogens is 170 g/mol. The van der Waals surface area contributed by atoms with Crippen LogP contribution in [0, 0.1) is 0 Å². The third kappa shape index (κ3) is 8.18. The summed E-state index contributed by atoms with van der Waals surface area (Å²) in [5, 5.41) is 26.4. The molecule has 0 spiro atoms. The predicted molar refractivity (Wildman–Crippen MR) is 51.5 cm³/mol. The van der Waals surface area contributed by atoms with E-state index in [0.29, 0.717) is 13.1 Å². The fourth-order valence-electron chi connectivity index (χ4n) is 1.23. The molecule has 13 heavy (non-hydrogen) atoms. The summed E-state index contributed by atoms with van der Waals surface area (Å²) < 4.78 is 0. The second-order valence-corrected chi connectivity index (χ2v) is 3.28. The highest BCUT2D eigenvalue weighted by Crippen LogP contribution is 1.98. The molecule has 0 bridgehead atoms. The van der Waals surface area contributed by atoms with E-state index in [2.05, 4.69) is 0 Å². The molecule has 1 unspecified atom stereocenters. The predicted octanol–water partition coefficient (Wildman–Crippen LogP) is -0.566. The third-order valence-corrected chi connectivity index (χ3v) is 1.93. The molecule has 0 saturated heterocycles. The molecule has 0 fully saturated rings. The minimum atomic E-state index is -0.259. The van der Waals surface area contributed by atoms with E-state index in [1.807, 2.05) is 4.90 Å². The van der Waals surface area contributed by atoms with Gasteiger partial charge in [0, 0.05) is 13.1 Å². The zero-order valence-corrected chi connectivity index (χ0v) is 8.32. The van der Waals surface area contributed by atoms with Gasteiger partial charge in [0.2, 0.25) is 0 Å². The van der Waals surface area contributed by atoms with E-state index < -0.39 is 0 Å². The molecule has 0 saturated carbocycles. The Labute approximate surface area is 79.8 Å². The molecule has 3 N–H and O–H groups in total. The van der Waals surface area contributed by atoms with Crippen LogP contribution in [-0.4, -0.2) is 59.2 Å². The highest BCUT2D eigenvalue weighted by Gasteiger charge is 2.03. The number of hydrogen-bond acceptors (Lipinski definition) is 4. The molecule has 80 valence electrons. The van der Waals surface area contributed by atoms with Crippen molar-refractivity contribution in [1.82, 2.24) is 4.90 Å². The summed E-state index contributed by atoms with van der Waals surface area (Å²) in [6.45, 7) is 4.03. The van der Waals surface area contributed by atoms with Crippen molar-refractivity contribution in [3.05, 3.63) is 0 Å². The summed E-state index contributed by atoms with van der Waals surface area (Å²) in [4.78, 5) is 1.99. The molecule has 4 heteroatoms. The quantitative estimate of drug-likeness (QED) is 0.481. The van der Waals surface area contributed by atoms with Crippen LogP contribution in [0.25, 0.3) is 0 Å². The highest BCUT2D eigenvalue weighted by atomic mass is 16.3. The van der Waals surface area contributed by atoms with Crippen LogP contribution in [0.2, 0.25) is 0 Å². The Kier molecular flexibility index (Phi) is 8.33. The first kappa shape index (κ1) is 12.8. The van der Waals surface area contributed by atoms with Crippen LogP contribution in [0.3, 0.4) is 0 Å². The maximum atomic E-state index is 9.01. The van der Waals surface area contributed by atoms with Gasteiger partial charge < -0.3 is 15.3 Å². The molecule has 0 aliphatic carbocycles.